The maximum Gasteiger partial charge on any atom is 0.216 e. The molecule has 0 radical (unpaired) electrons. The minimum atomic E-state index is -0.205. The Bertz CT molecular complexity index is 309. The Labute approximate surface area is 82.1 Å². The summed E-state index contributed by atoms with van der Waals surface area (Å²) in [5, 5.41) is 0.453. The molecule has 0 fully saturated rings. The van der Waals surface area contributed by atoms with Crippen LogP contribution in [-0.4, -0.2) is 5.12 Å². The highest BCUT2D eigenvalue weighted by atomic mass is 35.5. The summed E-state index contributed by atoms with van der Waals surface area (Å²) in [7, 11) is 0. The Morgan fingerprint density at radius 1 is 1.58 bits per heavy atom. The quantitative estimate of drug-likeness (QED) is 0.727. The minimum absolute atomic E-state index is 0.205. The first-order valence-corrected chi connectivity index (χ1v) is 4.49. The molecule has 0 unspecified atom stereocenters. The Balaban J connectivity index is 3.20. The largest absolute Gasteiger partial charge is 0.282 e. The minimum Gasteiger partial charge on any atom is -0.282 e. The molecule has 1 aromatic rings. The van der Waals surface area contributed by atoms with Gasteiger partial charge >= 0.3 is 0 Å². The maximum atomic E-state index is 11.0. The van der Waals surface area contributed by atoms with Crippen LogP contribution in [0.15, 0.2) is 18.2 Å². The van der Waals surface area contributed by atoms with Crippen molar-refractivity contribution in [1.82, 2.24) is 0 Å². The smallest absolute Gasteiger partial charge is 0.216 e. The van der Waals surface area contributed by atoms with Gasteiger partial charge in [0, 0.05) is 10.6 Å². The highest BCUT2D eigenvalue weighted by molar-refractivity contribution is 7.97. The molecule has 0 aliphatic carbocycles. The molecule has 12 heavy (non-hydrogen) atoms. The number of rotatable bonds is 2. The molecule has 64 valence electrons. The van der Waals surface area contributed by atoms with Crippen LogP contribution in [0.5, 0.6) is 0 Å². The molecule has 0 aromatic heterocycles. The summed E-state index contributed by atoms with van der Waals surface area (Å²) < 4.78 is 0. The Kier molecular flexibility index (Phi) is 3.18. The van der Waals surface area contributed by atoms with Crippen molar-refractivity contribution >= 4 is 29.3 Å². The first-order valence-electron chi connectivity index (χ1n) is 3.67. The molecule has 1 nitrogen and oxygen atoms in total. The van der Waals surface area contributed by atoms with Gasteiger partial charge in [0.05, 0.1) is 0 Å². The number of carbonyl (C=O) groups is 1. The van der Waals surface area contributed by atoms with E-state index in [2.05, 4.69) is 12.6 Å². The molecular weight excluding hydrogens is 192 g/mol. The van der Waals surface area contributed by atoms with Crippen LogP contribution in [0.4, 0.5) is 0 Å². The number of hydrogen-bond donors (Lipinski definition) is 1. The summed E-state index contributed by atoms with van der Waals surface area (Å²) in [6, 6.07) is 5.20. The lowest BCUT2D eigenvalue weighted by molar-refractivity contribution is 0.109. The summed E-state index contributed by atoms with van der Waals surface area (Å²) >= 11 is 9.53. The van der Waals surface area contributed by atoms with Crippen molar-refractivity contribution in [2.75, 3.05) is 0 Å². The normalized spacial score (nSPS) is 9.92. The van der Waals surface area contributed by atoms with Gasteiger partial charge in [0.25, 0.3) is 0 Å². The van der Waals surface area contributed by atoms with E-state index in [1.54, 1.807) is 18.2 Å². The predicted octanol–water partition coefficient (Wildman–Crippen LogP) is 2.97. The van der Waals surface area contributed by atoms with Crippen LogP contribution in [0.1, 0.15) is 22.8 Å². The third-order valence-corrected chi connectivity index (χ3v) is 2.15. The van der Waals surface area contributed by atoms with Crippen LogP contribution in [0.25, 0.3) is 0 Å². The second-order valence-electron chi connectivity index (χ2n) is 2.46. The second kappa shape index (κ2) is 3.97. The summed E-state index contributed by atoms with van der Waals surface area (Å²) in [4.78, 5) is 11.0. The van der Waals surface area contributed by atoms with Gasteiger partial charge in [-0.05, 0) is 30.2 Å². The van der Waals surface area contributed by atoms with Gasteiger partial charge in [-0.1, -0.05) is 18.5 Å². The molecule has 1 rings (SSSR count). The van der Waals surface area contributed by atoms with Gasteiger partial charge in [-0.2, -0.15) is 0 Å². The van der Waals surface area contributed by atoms with Crippen molar-refractivity contribution < 1.29 is 4.79 Å². The zero-order valence-corrected chi connectivity index (χ0v) is 8.32. The monoisotopic (exact) mass is 200 g/mol. The van der Waals surface area contributed by atoms with E-state index in [1.165, 1.54) is 0 Å². The van der Waals surface area contributed by atoms with E-state index in [4.69, 9.17) is 11.6 Å². The molecule has 0 N–H and O–H groups in total. The van der Waals surface area contributed by atoms with Crippen molar-refractivity contribution in [1.29, 1.82) is 0 Å². The number of benzene rings is 1. The molecule has 0 spiro atoms. The number of hydrogen-bond acceptors (Lipinski definition) is 1. The van der Waals surface area contributed by atoms with E-state index in [-0.39, 0.29) is 5.12 Å². The predicted molar refractivity (Wildman–Crippen MR) is 54.1 cm³/mol. The Hall–Kier alpha value is -0.470. The first kappa shape index (κ1) is 9.62. The second-order valence-corrected chi connectivity index (χ2v) is 3.30. The van der Waals surface area contributed by atoms with E-state index in [9.17, 15) is 4.79 Å². The average Bonchev–Trinajstić information content (AvgIpc) is 2.03. The van der Waals surface area contributed by atoms with Gasteiger partial charge in [0.2, 0.25) is 5.12 Å². The topological polar surface area (TPSA) is 17.1 Å². The summed E-state index contributed by atoms with van der Waals surface area (Å²) in [5.41, 5.74) is 1.59. The molecule has 0 heterocycles. The molecule has 0 bridgehead atoms. The molecular formula is C9H9ClOS. The number of aryl methyl sites for hydroxylation is 1. The third kappa shape index (κ3) is 2.02. The fourth-order valence-corrected chi connectivity index (χ4v) is 1.48. The fourth-order valence-electron chi connectivity index (χ4n) is 1.06. The summed E-state index contributed by atoms with van der Waals surface area (Å²) in [6.07, 6.45) is 0.794. The van der Waals surface area contributed by atoms with Crippen LogP contribution in [0.3, 0.4) is 0 Å². The van der Waals surface area contributed by atoms with Gasteiger partial charge < -0.3 is 0 Å². The van der Waals surface area contributed by atoms with Gasteiger partial charge in [-0.25, -0.2) is 0 Å². The number of halogens is 1. The van der Waals surface area contributed by atoms with Crippen molar-refractivity contribution in [2.24, 2.45) is 0 Å². The molecule has 0 aliphatic heterocycles. The standard InChI is InChI=1S/C9H9ClOS/c1-2-6-5-7(10)3-4-8(6)9(11)12/h3-5H,2H2,1H3,(H,11,12). The number of carbonyl (C=O) groups excluding carboxylic acids is 1. The molecule has 1 aromatic carbocycles. The first-order chi connectivity index (χ1) is 5.65. The molecule has 0 saturated carbocycles. The fraction of sp³-hybridized carbons (Fsp3) is 0.222. The lowest BCUT2D eigenvalue weighted by Gasteiger charge is -2.03. The van der Waals surface area contributed by atoms with E-state index in [1.807, 2.05) is 6.92 Å². The van der Waals surface area contributed by atoms with Crippen LogP contribution in [0, 0.1) is 0 Å². The molecule has 0 atom stereocenters. The van der Waals surface area contributed by atoms with Crippen LogP contribution >= 0.6 is 24.2 Å². The zero-order chi connectivity index (χ0) is 9.14. The molecule has 0 aliphatic rings. The zero-order valence-electron chi connectivity index (χ0n) is 6.67. The van der Waals surface area contributed by atoms with Crippen molar-refractivity contribution in [3.8, 4) is 0 Å². The Morgan fingerprint density at radius 3 is 2.75 bits per heavy atom. The van der Waals surface area contributed by atoms with E-state index in [0.29, 0.717) is 10.6 Å². The summed E-state index contributed by atoms with van der Waals surface area (Å²) in [6.45, 7) is 1.98. The van der Waals surface area contributed by atoms with Gasteiger partial charge in [0.15, 0.2) is 0 Å². The molecule has 0 amide bonds. The highest BCUT2D eigenvalue weighted by Crippen LogP contribution is 2.17. The van der Waals surface area contributed by atoms with Gasteiger partial charge in [-0.15, -0.1) is 12.6 Å². The van der Waals surface area contributed by atoms with Crippen molar-refractivity contribution in [2.45, 2.75) is 13.3 Å². The van der Waals surface area contributed by atoms with Crippen molar-refractivity contribution in [3.05, 3.63) is 34.3 Å². The SMILES string of the molecule is CCc1cc(Cl)ccc1C(=O)S. The third-order valence-electron chi connectivity index (χ3n) is 1.68. The van der Waals surface area contributed by atoms with Crippen molar-refractivity contribution in [3.63, 3.8) is 0 Å². The van der Waals surface area contributed by atoms with Crippen LogP contribution in [0.2, 0.25) is 5.02 Å². The summed E-state index contributed by atoms with van der Waals surface area (Å²) in [5.74, 6) is 0. The number of thiol groups is 1. The van der Waals surface area contributed by atoms with Crippen LogP contribution in [-0.2, 0) is 6.42 Å². The van der Waals surface area contributed by atoms with E-state index >= 15 is 0 Å². The van der Waals surface area contributed by atoms with Crippen LogP contribution < -0.4 is 0 Å². The maximum absolute atomic E-state index is 11.0. The van der Waals surface area contributed by atoms with Gasteiger partial charge in [-0.3, -0.25) is 4.79 Å². The lowest BCUT2D eigenvalue weighted by atomic mass is 10.1. The van der Waals surface area contributed by atoms with Gasteiger partial charge in [0.1, 0.15) is 0 Å². The Morgan fingerprint density at radius 2 is 2.25 bits per heavy atom. The van der Waals surface area contributed by atoms with E-state index in [0.717, 1.165) is 12.0 Å². The average molecular weight is 201 g/mol. The molecule has 0 saturated heterocycles. The lowest BCUT2D eigenvalue weighted by Crippen LogP contribution is -1.95. The van der Waals surface area contributed by atoms with E-state index < -0.39 is 0 Å². The highest BCUT2D eigenvalue weighted by Gasteiger charge is 2.05. The molecule has 3 heteroatoms.